The fraction of sp³-hybridized carbons (Fsp3) is 0.188. The van der Waals surface area contributed by atoms with Crippen LogP contribution in [0.25, 0.3) is 0 Å². The van der Waals surface area contributed by atoms with E-state index >= 15 is 0 Å². The molecule has 0 saturated carbocycles. The van der Waals surface area contributed by atoms with E-state index < -0.39 is 11.0 Å². The number of aromatic nitrogens is 1. The molecule has 8 nitrogen and oxygen atoms in total. The Hall–Kier alpha value is -3.29. The Balaban J connectivity index is 1.59. The molecule has 122 valence electrons. The van der Waals surface area contributed by atoms with Gasteiger partial charge in [-0.15, -0.1) is 0 Å². The average Bonchev–Trinajstić information content (AvgIpc) is 3.11. The summed E-state index contributed by atoms with van der Waals surface area (Å²) in [7, 11) is 0. The summed E-state index contributed by atoms with van der Waals surface area (Å²) in [6, 6.07) is 9.88. The van der Waals surface area contributed by atoms with Crippen LogP contribution in [0.15, 0.2) is 53.9 Å². The second kappa shape index (κ2) is 6.86. The lowest BCUT2D eigenvalue weighted by molar-refractivity contribution is -0.385. The first-order valence-electron chi connectivity index (χ1n) is 7.28. The summed E-state index contributed by atoms with van der Waals surface area (Å²) in [5.74, 6) is -0.365. The molecule has 1 aliphatic rings. The molecule has 1 N–H and O–H groups in total. The highest BCUT2D eigenvalue weighted by molar-refractivity contribution is 6.03. The van der Waals surface area contributed by atoms with E-state index in [0.717, 1.165) is 5.56 Å². The Kier molecular flexibility index (Phi) is 4.46. The Bertz CT molecular complexity index is 792. The van der Waals surface area contributed by atoms with Gasteiger partial charge in [0, 0.05) is 42.6 Å². The van der Waals surface area contributed by atoms with Crippen molar-refractivity contribution in [3.05, 3.63) is 70.0 Å². The lowest BCUT2D eigenvalue weighted by atomic mass is 10.1. The molecule has 0 aliphatic carbocycles. The summed E-state index contributed by atoms with van der Waals surface area (Å²) in [5.41, 5.74) is 1.85. The molecule has 1 atom stereocenters. The predicted molar refractivity (Wildman–Crippen MR) is 85.2 cm³/mol. The molecule has 8 heteroatoms. The van der Waals surface area contributed by atoms with Gasteiger partial charge in [0.25, 0.3) is 11.6 Å². The van der Waals surface area contributed by atoms with E-state index in [1.54, 1.807) is 36.7 Å². The second-order valence-corrected chi connectivity index (χ2v) is 5.18. The average molecular weight is 326 g/mol. The normalized spacial score (nSPS) is 16.2. The van der Waals surface area contributed by atoms with Crippen LogP contribution in [0.2, 0.25) is 0 Å². The molecule has 0 radical (unpaired) electrons. The molecule has 2 heterocycles. The van der Waals surface area contributed by atoms with Crippen LogP contribution in [0.4, 0.5) is 5.69 Å². The highest BCUT2D eigenvalue weighted by Crippen LogP contribution is 2.19. The van der Waals surface area contributed by atoms with Gasteiger partial charge in [0.15, 0.2) is 0 Å². The minimum absolute atomic E-state index is 0.0301. The van der Waals surface area contributed by atoms with Gasteiger partial charge in [0.2, 0.25) is 6.10 Å². The van der Waals surface area contributed by atoms with E-state index in [0.29, 0.717) is 17.7 Å². The topological polar surface area (TPSA) is 107 Å². The molecule has 1 aromatic carbocycles. The number of carbonyl (C=O) groups excluding carboxylic acids is 1. The van der Waals surface area contributed by atoms with E-state index in [2.05, 4.69) is 15.5 Å². The van der Waals surface area contributed by atoms with Crippen molar-refractivity contribution in [1.29, 1.82) is 0 Å². The van der Waals surface area contributed by atoms with Crippen molar-refractivity contribution in [2.24, 2.45) is 5.16 Å². The summed E-state index contributed by atoms with van der Waals surface area (Å²) in [6.45, 7) is 0.0536. The van der Waals surface area contributed by atoms with Crippen molar-refractivity contribution in [2.75, 3.05) is 0 Å². The van der Waals surface area contributed by atoms with Gasteiger partial charge in [-0.25, -0.2) is 0 Å². The summed E-state index contributed by atoms with van der Waals surface area (Å²) >= 11 is 0. The maximum Gasteiger partial charge on any atom is 0.274 e. The summed E-state index contributed by atoms with van der Waals surface area (Å²) in [5, 5.41) is 17.5. The minimum atomic E-state index is -0.747. The molecule has 0 spiro atoms. The maximum absolute atomic E-state index is 12.2. The SMILES string of the molecule is O=C(NCc1ccccc1[N+](=O)[O-])[C@H]1CC(c2cccnc2)=NO1. The number of nitrogens with one attached hydrogen (secondary N) is 1. The number of hydrogen-bond donors (Lipinski definition) is 1. The zero-order valence-electron chi connectivity index (χ0n) is 12.6. The number of carbonyl (C=O) groups is 1. The zero-order valence-corrected chi connectivity index (χ0v) is 12.6. The van der Waals surface area contributed by atoms with Gasteiger partial charge in [-0.3, -0.25) is 19.9 Å². The fourth-order valence-corrected chi connectivity index (χ4v) is 2.36. The standard InChI is InChI=1S/C16H14N4O4/c21-16(18-10-12-4-1-2-6-14(12)20(22)23)15-8-13(19-24-15)11-5-3-7-17-9-11/h1-7,9,15H,8,10H2,(H,18,21)/t15-/m1/s1. The van der Waals surface area contributed by atoms with Crippen LogP contribution in [0.5, 0.6) is 0 Å². The number of hydrogen-bond acceptors (Lipinski definition) is 6. The first-order chi connectivity index (χ1) is 11.6. The monoisotopic (exact) mass is 326 g/mol. The van der Waals surface area contributed by atoms with Gasteiger partial charge in [0.1, 0.15) is 0 Å². The summed E-state index contributed by atoms with van der Waals surface area (Å²) < 4.78 is 0. The lowest BCUT2D eigenvalue weighted by Crippen LogP contribution is -2.34. The Labute approximate surface area is 137 Å². The first-order valence-corrected chi connectivity index (χ1v) is 7.28. The molecular formula is C16H14N4O4. The van der Waals surface area contributed by atoms with E-state index in [9.17, 15) is 14.9 Å². The van der Waals surface area contributed by atoms with Gasteiger partial charge in [0.05, 0.1) is 10.6 Å². The van der Waals surface area contributed by atoms with Gasteiger partial charge < -0.3 is 10.2 Å². The third kappa shape index (κ3) is 3.37. The van der Waals surface area contributed by atoms with E-state index in [4.69, 9.17) is 4.84 Å². The highest BCUT2D eigenvalue weighted by Gasteiger charge is 2.29. The number of oxime groups is 1. The minimum Gasteiger partial charge on any atom is -0.382 e. The van der Waals surface area contributed by atoms with Crippen molar-refractivity contribution in [3.8, 4) is 0 Å². The number of para-hydroxylation sites is 1. The largest absolute Gasteiger partial charge is 0.382 e. The third-order valence-corrected chi connectivity index (χ3v) is 3.60. The van der Waals surface area contributed by atoms with Gasteiger partial charge in [-0.2, -0.15) is 0 Å². The number of pyridine rings is 1. The molecule has 2 aromatic rings. The predicted octanol–water partition coefficient (Wildman–Crippen LogP) is 1.80. The molecule has 1 amide bonds. The van der Waals surface area contributed by atoms with E-state index in [-0.39, 0.29) is 18.1 Å². The van der Waals surface area contributed by atoms with Crippen LogP contribution in [0.3, 0.4) is 0 Å². The molecule has 1 aliphatic heterocycles. The maximum atomic E-state index is 12.2. The Morgan fingerprint density at radius 3 is 2.92 bits per heavy atom. The molecule has 3 rings (SSSR count). The van der Waals surface area contributed by atoms with Crippen LogP contribution in [-0.4, -0.2) is 27.6 Å². The van der Waals surface area contributed by atoms with Crippen LogP contribution in [0.1, 0.15) is 17.5 Å². The van der Waals surface area contributed by atoms with Crippen molar-refractivity contribution < 1.29 is 14.6 Å². The number of nitro benzene ring substituents is 1. The number of nitrogens with zero attached hydrogens (tertiary/aromatic N) is 3. The number of nitro groups is 1. The Morgan fingerprint density at radius 1 is 1.33 bits per heavy atom. The number of rotatable bonds is 5. The summed E-state index contributed by atoms with van der Waals surface area (Å²) in [4.78, 5) is 31.8. The van der Waals surface area contributed by atoms with Crippen molar-refractivity contribution in [2.45, 2.75) is 19.1 Å². The van der Waals surface area contributed by atoms with E-state index in [1.165, 1.54) is 6.07 Å². The van der Waals surface area contributed by atoms with Gasteiger partial charge >= 0.3 is 0 Å². The van der Waals surface area contributed by atoms with Gasteiger partial charge in [-0.1, -0.05) is 23.4 Å². The molecule has 0 fully saturated rings. The molecule has 0 unspecified atom stereocenters. The molecule has 24 heavy (non-hydrogen) atoms. The van der Waals surface area contributed by atoms with Crippen molar-refractivity contribution in [1.82, 2.24) is 10.3 Å². The second-order valence-electron chi connectivity index (χ2n) is 5.18. The Morgan fingerprint density at radius 2 is 2.17 bits per heavy atom. The highest BCUT2D eigenvalue weighted by atomic mass is 16.6. The molecule has 1 aromatic heterocycles. The van der Waals surface area contributed by atoms with Crippen LogP contribution in [0, 0.1) is 10.1 Å². The quantitative estimate of drug-likeness (QED) is 0.666. The first kappa shape index (κ1) is 15.6. The van der Waals surface area contributed by atoms with Crippen molar-refractivity contribution >= 4 is 17.3 Å². The molecule has 0 saturated heterocycles. The number of amides is 1. The fourth-order valence-electron chi connectivity index (χ4n) is 2.36. The summed E-state index contributed by atoms with van der Waals surface area (Å²) in [6.07, 6.45) is 2.88. The van der Waals surface area contributed by atoms with Crippen LogP contribution in [-0.2, 0) is 16.2 Å². The van der Waals surface area contributed by atoms with Gasteiger partial charge in [-0.05, 0) is 12.1 Å². The molecule has 0 bridgehead atoms. The van der Waals surface area contributed by atoms with E-state index in [1.807, 2.05) is 6.07 Å². The number of benzene rings is 1. The smallest absolute Gasteiger partial charge is 0.274 e. The lowest BCUT2D eigenvalue weighted by Gasteiger charge is -2.09. The van der Waals surface area contributed by atoms with Crippen molar-refractivity contribution in [3.63, 3.8) is 0 Å². The zero-order chi connectivity index (χ0) is 16.9. The molecular weight excluding hydrogens is 312 g/mol. The third-order valence-electron chi connectivity index (χ3n) is 3.60. The van der Waals surface area contributed by atoms with Crippen LogP contribution >= 0.6 is 0 Å². The van der Waals surface area contributed by atoms with Crippen LogP contribution < -0.4 is 5.32 Å².